The molecule has 1 saturated heterocycles. The third kappa shape index (κ3) is 4.31. The molecule has 0 spiro atoms. The molecule has 27 heavy (non-hydrogen) atoms. The summed E-state index contributed by atoms with van der Waals surface area (Å²) in [5.41, 5.74) is 1.89. The number of nitrogens with zero attached hydrogens (tertiary/aromatic N) is 6. The third-order valence-electron chi connectivity index (χ3n) is 4.77. The lowest BCUT2D eigenvalue weighted by atomic mass is 10.2. The number of anilines is 1. The molecule has 0 N–H and O–H groups in total. The van der Waals surface area contributed by atoms with Gasteiger partial charge in [0.05, 0.1) is 5.01 Å². The van der Waals surface area contributed by atoms with Gasteiger partial charge >= 0.3 is 0 Å². The fourth-order valence-corrected chi connectivity index (χ4v) is 4.11. The first kappa shape index (κ1) is 18.0. The average Bonchev–Trinajstić information content (AvgIpc) is 3.13. The summed E-state index contributed by atoms with van der Waals surface area (Å²) in [5, 5.41) is 1.14. The molecule has 1 aliphatic heterocycles. The van der Waals surface area contributed by atoms with Crippen molar-refractivity contribution in [3.8, 4) is 11.5 Å². The van der Waals surface area contributed by atoms with Gasteiger partial charge in [0, 0.05) is 61.8 Å². The summed E-state index contributed by atoms with van der Waals surface area (Å²) >= 11 is 1.79. The SMILES string of the molecule is CCc1cc(N2CCN(Cc3cnc(C)s3)CC2)nc(-c2ccccn2)n1. The summed E-state index contributed by atoms with van der Waals surface area (Å²) in [6.45, 7) is 9.18. The van der Waals surface area contributed by atoms with Gasteiger partial charge in [0.25, 0.3) is 0 Å². The second-order valence-corrected chi connectivity index (χ2v) is 8.04. The van der Waals surface area contributed by atoms with E-state index in [2.05, 4.69) is 44.7 Å². The molecule has 4 rings (SSSR count). The monoisotopic (exact) mass is 380 g/mol. The zero-order chi connectivity index (χ0) is 18.6. The normalized spacial score (nSPS) is 15.3. The predicted molar refractivity (Wildman–Crippen MR) is 109 cm³/mol. The summed E-state index contributed by atoms with van der Waals surface area (Å²) < 4.78 is 0. The second kappa shape index (κ2) is 8.10. The molecular weight excluding hydrogens is 356 g/mol. The zero-order valence-corrected chi connectivity index (χ0v) is 16.6. The van der Waals surface area contributed by atoms with E-state index in [0.717, 1.165) is 61.4 Å². The first-order valence-corrected chi connectivity index (χ1v) is 10.2. The fourth-order valence-electron chi connectivity index (χ4n) is 3.27. The highest BCUT2D eigenvalue weighted by atomic mass is 32.1. The van der Waals surface area contributed by atoms with Crippen molar-refractivity contribution < 1.29 is 0 Å². The van der Waals surface area contributed by atoms with E-state index < -0.39 is 0 Å². The van der Waals surface area contributed by atoms with Gasteiger partial charge in [0.2, 0.25) is 0 Å². The molecule has 4 heterocycles. The van der Waals surface area contributed by atoms with Gasteiger partial charge in [-0.05, 0) is 25.5 Å². The maximum Gasteiger partial charge on any atom is 0.180 e. The highest BCUT2D eigenvalue weighted by molar-refractivity contribution is 7.11. The van der Waals surface area contributed by atoms with Crippen molar-refractivity contribution in [2.75, 3.05) is 31.1 Å². The molecule has 0 radical (unpaired) electrons. The van der Waals surface area contributed by atoms with Crippen LogP contribution in [0.25, 0.3) is 11.5 Å². The quantitative estimate of drug-likeness (QED) is 0.678. The summed E-state index contributed by atoms with van der Waals surface area (Å²) in [6, 6.07) is 7.98. The summed E-state index contributed by atoms with van der Waals surface area (Å²) in [7, 11) is 0. The minimum absolute atomic E-state index is 0.715. The number of pyridine rings is 1. The zero-order valence-electron chi connectivity index (χ0n) is 15.8. The number of thiazole rings is 1. The van der Waals surface area contributed by atoms with Crippen LogP contribution in [0.2, 0.25) is 0 Å². The van der Waals surface area contributed by atoms with Gasteiger partial charge in [-0.25, -0.2) is 15.0 Å². The van der Waals surface area contributed by atoms with Crippen LogP contribution < -0.4 is 4.90 Å². The van der Waals surface area contributed by atoms with Crippen molar-refractivity contribution in [3.05, 3.63) is 52.2 Å². The van der Waals surface area contributed by atoms with E-state index in [4.69, 9.17) is 4.98 Å². The van der Waals surface area contributed by atoms with Crippen LogP contribution in [-0.4, -0.2) is 51.0 Å². The van der Waals surface area contributed by atoms with Crippen molar-refractivity contribution >= 4 is 17.2 Å². The molecule has 140 valence electrons. The largest absolute Gasteiger partial charge is 0.354 e. The molecule has 3 aromatic rings. The van der Waals surface area contributed by atoms with Crippen LogP contribution in [0.15, 0.2) is 36.7 Å². The maximum atomic E-state index is 4.81. The number of hydrogen-bond donors (Lipinski definition) is 0. The lowest BCUT2D eigenvalue weighted by Gasteiger charge is -2.35. The van der Waals surface area contributed by atoms with Gasteiger partial charge in [-0.15, -0.1) is 11.3 Å². The van der Waals surface area contributed by atoms with Crippen LogP contribution in [0.5, 0.6) is 0 Å². The second-order valence-electron chi connectivity index (χ2n) is 6.72. The Kier molecular flexibility index (Phi) is 5.40. The molecule has 0 aliphatic carbocycles. The van der Waals surface area contributed by atoms with E-state index in [9.17, 15) is 0 Å². The Hall–Kier alpha value is -2.38. The molecule has 0 atom stereocenters. The fraction of sp³-hybridized carbons (Fsp3) is 0.400. The molecule has 1 aliphatic rings. The number of piperazine rings is 1. The Balaban J connectivity index is 1.47. The first-order valence-electron chi connectivity index (χ1n) is 9.39. The van der Waals surface area contributed by atoms with Crippen molar-refractivity contribution in [1.29, 1.82) is 0 Å². The van der Waals surface area contributed by atoms with Crippen LogP contribution in [0, 0.1) is 6.92 Å². The Morgan fingerprint density at radius 3 is 2.59 bits per heavy atom. The molecule has 6 nitrogen and oxygen atoms in total. The van der Waals surface area contributed by atoms with Gasteiger partial charge in [-0.3, -0.25) is 9.88 Å². The summed E-state index contributed by atoms with van der Waals surface area (Å²) in [6.07, 6.45) is 4.68. The van der Waals surface area contributed by atoms with Gasteiger partial charge < -0.3 is 4.90 Å². The molecule has 0 aromatic carbocycles. The maximum absolute atomic E-state index is 4.81. The van der Waals surface area contributed by atoms with Crippen LogP contribution in [0.1, 0.15) is 22.5 Å². The standard InChI is InChI=1S/C20H24N6S/c1-3-16-12-19(24-20(23-16)18-6-4-5-7-21-18)26-10-8-25(9-11-26)14-17-13-22-15(2)27-17/h4-7,12-13H,3,8-11,14H2,1-2H3. The molecule has 0 unspecified atom stereocenters. The number of aromatic nitrogens is 4. The van der Waals surface area contributed by atoms with Crippen LogP contribution in [0.3, 0.4) is 0 Å². The van der Waals surface area contributed by atoms with E-state index in [1.54, 1.807) is 17.5 Å². The van der Waals surface area contributed by atoms with Crippen molar-refractivity contribution in [1.82, 2.24) is 24.8 Å². The minimum Gasteiger partial charge on any atom is -0.354 e. The predicted octanol–water partition coefficient (Wildman–Crippen LogP) is 3.19. The molecule has 3 aromatic heterocycles. The number of rotatable bonds is 5. The van der Waals surface area contributed by atoms with Crippen molar-refractivity contribution in [3.63, 3.8) is 0 Å². The molecule has 1 fully saturated rings. The van der Waals surface area contributed by atoms with E-state index in [1.807, 2.05) is 24.4 Å². The summed E-state index contributed by atoms with van der Waals surface area (Å²) in [4.78, 5) is 24.5. The van der Waals surface area contributed by atoms with Gasteiger partial charge in [-0.2, -0.15) is 0 Å². The van der Waals surface area contributed by atoms with Crippen LogP contribution in [0.4, 0.5) is 5.82 Å². The van der Waals surface area contributed by atoms with Crippen molar-refractivity contribution in [2.45, 2.75) is 26.8 Å². The van der Waals surface area contributed by atoms with Crippen LogP contribution >= 0.6 is 11.3 Å². The lowest BCUT2D eigenvalue weighted by molar-refractivity contribution is 0.251. The van der Waals surface area contributed by atoms with Gasteiger partial charge in [0.15, 0.2) is 5.82 Å². The van der Waals surface area contributed by atoms with E-state index in [-0.39, 0.29) is 0 Å². The third-order valence-corrected chi connectivity index (χ3v) is 5.66. The van der Waals surface area contributed by atoms with Crippen molar-refractivity contribution in [2.24, 2.45) is 0 Å². The molecule has 0 amide bonds. The summed E-state index contributed by atoms with van der Waals surface area (Å²) in [5.74, 6) is 1.73. The Morgan fingerprint density at radius 2 is 1.93 bits per heavy atom. The van der Waals surface area contributed by atoms with Gasteiger partial charge in [-0.1, -0.05) is 13.0 Å². The highest BCUT2D eigenvalue weighted by Gasteiger charge is 2.20. The minimum atomic E-state index is 0.715. The first-order chi connectivity index (χ1) is 13.2. The van der Waals surface area contributed by atoms with E-state index in [0.29, 0.717) is 5.82 Å². The lowest BCUT2D eigenvalue weighted by Crippen LogP contribution is -2.46. The molecule has 0 saturated carbocycles. The highest BCUT2D eigenvalue weighted by Crippen LogP contribution is 2.21. The van der Waals surface area contributed by atoms with Crippen LogP contribution in [-0.2, 0) is 13.0 Å². The van der Waals surface area contributed by atoms with E-state index in [1.165, 1.54) is 4.88 Å². The van der Waals surface area contributed by atoms with E-state index >= 15 is 0 Å². The Bertz CT molecular complexity index is 886. The molecule has 0 bridgehead atoms. The molecular formula is C20H24N6S. The molecule has 7 heteroatoms. The van der Waals surface area contributed by atoms with Gasteiger partial charge in [0.1, 0.15) is 11.5 Å². The Morgan fingerprint density at radius 1 is 1.07 bits per heavy atom. The number of aryl methyl sites for hydroxylation is 2. The topological polar surface area (TPSA) is 58.0 Å². The smallest absolute Gasteiger partial charge is 0.180 e. The average molecular weight is 381 g/mol. The Labute approximate surface area is 163 Å². The number of hydrogen-bond acceptors (Lipinski definition) is 7.